The number of esters is 2. The highest BCUT2D eigenvalue weighted by atomic mass is 16.6. The molecule has 1 unspecified atom stereocenters. The van der Waals surface area contributed by atoms with Gasteiger partial charge in [0, 0.05) is 12.8 Å². The quantitative estimate of drug-likeness (QED) is 0.0373. The van der Waals surface area contributed by atoms with Gasteiger partial charge in [0.25, 0.3) is 0 Å². The molecule has 0 aromatic rings. The number of rotatable bonds is 65. The number of hydrogen-bond acceptors (Lipinski definition) is 5. The molecule has 0 spiro atoms. The van der Waals surface area contributed by atoms with Crippen molar-refractivity contribution in [1.29, 1.82) is 0 Å². The second-order valence-electron chi connectivity index (χ2n) is 23.6. The number of allylic oxidation sites excluding steroid dienone is 6. The Morgan fingerprint density at radius 1 is 0.303 bits per heavy atom. The van der Waals surface area contributed by atoms with Crippen LogP contribution in [0.4, 0.5) is 0 Å². The van der Waals surface area contributed by atoms with Gasteiger partial charge in [0.15, 0.2) is 6.10 Å². The maximum Gasteiger partial charge on any atom is 0.306 e. The van der Waals surface area contributed by atoms with Crippen molar-refractivity contribution in [2.75, 3.05) is 13.2 Å². The minimum absolute atomic E-state index is 0.0596. The fraction of sp³-hybridized carbons (Fsp3) is 0.887. The lowest BCUT2D eigenvalue weighted by Gasteiger charge is -2.15. The van der Waals surface area contributed by atoms with Crippen LogP contribution >= 0.6 is 0 Å². The van der Waals surface area contributed by atoms with E-state index in [4.69, 9.17) is 9.47 Å². The van der Waals surface area contributed by atoms with Crippen molar-refractivity contribution in [3.63, 3.8) is 0 Å². The molecule has 76 heavy (non-hydrogen) atoms. The molecule has 1 N–H and O–H groups in total. The number of hydrogen-bond donors (Lipinski definition) is 1. The van der Waals surface area contributed by atoms with Gasteiger partial charge in [-0.2, -0.15) is 0 Å². The van der Waals surface area contributed by atoms with E-state index in [1.165, 1.54) is 315 Å². The predicted molar refractivity (Wildman–Crippen MR) is 334 cm³/mol. The Labute approximate surface area is 476 Å². The molecule has 5 heteroatoms. The average molecular weight is 1070 g/mol. The lowest BCUT2D eigenvalue weighted by Crippen LogP contribution is -2.28. The minimum Gasteiger partial charge on any atom is -0.462 e. The fourth-order valence-corrected chi connectivity index (χ4v) is 10.7. The largest absolute Gasteiger partial charge is 0.462 e. The van der Waals surface area contributed by atoms with Crippen LogP contribution in [0.3, 0.4) is 0 Å². The van der Waals surface area contributed by atoms with Crippen LogP contribution in [-0.2, 0) is 19.1 Å². The Morgan fingerprint density at radius 3 is 0.789 bits per heavy atom. The lowest BCUT2D eigenvalue weighted by atomic mass is 10.0. The van der Waals surface area contributed by atoms with Crippen LogP contribution in [0.2, 0.25) is 0 Å². The van der Waals surface area contributed by atoms with E-state index < -0.39 is 6.10 Å². The second kappa shape index (κ2) is 67.4. The van der Waals surface area contributed by atoms with E-state index in [1.807, 2.05) is 0 Å². The number of aliphatic hydroxyl groups is 1. The van der Waals surface area contributed by atoms with Crippen molar-refractivity contribution < 1.29 is 24.2 Å². The normalized spacial score (nSPS) is 12.3. The first-order valence-electron chi connectivity index (χ1n) is 34.5. The third kappa shape index (κ3) is 64.6. The van der Waals surface area contributed by atoms with Gasteiger partial charge in [-0.1, -0.05) is 359 Å². The van der Waals surface area contributed by atoms with Crippen molar-refractivity contribution >= 4 is 11.9 Å². The first-order valence-corrected chi connectivity index (χ1v) is 34.5. The van der Waals surface area contributed by atoms with E-state index in [0.29, 0.717) is 12.8 Å². The first-order chi connectivity index (χ1) is 37.6. The molecule has 0 aliphatic carbocycles. The third-order valence-electron chi connectivity index (χ3n) is 15.9. The number of aliphatic hydroxyl groups excluding tert-OH is 1. The topological polar surface area (TPSA) is 72.8 Å². The third-order valence-corrected chi connectivity index (χ3v) is 15.9. The highest BCUT2D eigenvalue weighted by Gasteiger charge is 2.16. The molecule has 0 aliphatic rings. The van der Waals surface area contributed by atoms with Crippen molar-refractivity contribution in [3.05, 3.63) is 36.5 Å². The van der Waals surface area contributed by atoms with Gasteiger partial charge in [-0.05, 0) is 51.4 Å². The smallest absolute Gasteiger partial charge is 0.306 e. The van der Waals surface area contributed by atoms with Crippen molar-refractivity contribution in [3.8, 4) is 0 Å². The van der Waals surface area contributed by atoms with Crippen molar-refractivity contribution in [1.82, 2.24) is 0 Å². The van der Waals surface area contributed by atoms with E-state index in [-0.39, 0.29) is 25.2 Å². The summed E-state index contributed by atoms with van der Waals surface area (Å²) in [7, 11) is 0. The van der Waals surface area contributed by atoms with Gasteiger partial charge in [-0.25, -0.2) is 0 Å². The van der Waals surface area contributed by atoms with E-state index in [1.54, 1.807) is 0 Å². The Morgan fingerprint density at radius 2 is 0.526 bits per heavy atom. The van der Waals surface area contributed by atoms with Crippen LogP contribution in [0.1, 0.15) is 386 Å². The summed E-state index contributed by atoms with van der Waals surface area (Å²) in [4.78, 5) is 24.6. The molecule has 448 valence electrons. The summed E-state index contributed by atoms with van der Waals surface area (Å²) in [6.07, 6.45) is 88.9. The molecule has 0 rings (SSSR count). The molecule has 0 saturated carbocycles. The van der Waals surface area contributed by atoms with Gasteiger partial charge in [0.05, 0.1) is 6.61 Å². The number of ether oxygens (including phenoxy) is 2. The zero-order valence-electron chi connectivity index (χ0n) is 51.5. The van der Waals surface area contributed by atoms with Crippen LogP contribution in [0.25, 0.3) is 0 Å². The molecule has 0 bridgehead atoms. The summed E-state index contributed by atoms with van der Waals surface area (Å²) in [5, 5.41) is 9.70. The Hall–Kier alpha value is -1.88. The molecular formula is C71H134O5. The molecule has 0 aromatic carbocycles. The van der Waals surface area contributed by atoms with Gasteiger partial charge in [0.1, 0.15) is 6.61 Å². The average Bonchev–Trinajstić information content (AvgIpc) is 3.42. The summed E-state index contributed by atoms with van der Waals surface area (Å²) < 4.78 is 10.8. The molecule has 0 aromatic heterocycles. The van der Waals surface area contributed by atoms with Crippen molar-refractivity contribution in [2.24, 2.45) is 0 Å². The van der Waals surface area contributed by atoms with Crippen LogP contribution in [0, 0.1) is 0 Å². The number of carbonyl (C=O) groups is 2. The lowest BCUT2D eigenvalue weighted by molar-refractivity contribution is -0.161. The summed E-state index contributed by atoms with van der Waals surface area (Å²) in [5.74, 6) is -0.567. The summed E-state index contributed by atoms with van der Waals surface area (Å²) in [5.41, 5.74) is 0. The molecule has 0 amide bonds. The molecule has 0 aliphatic heterocycles. The molecule has 0 saturated heterocycles. The van der Waals surface area contributed by atoms with Crippen molar-refractivity contribution in [2.45, 2.75) is 392 Å². The van der Waals surface area contributed by atoms with Gasteiger partial charge in [0.2, 0.25) is 0 Å². The zero-order chi connectivity index (χ0) is 54.8. The van der Waals surface area contributed by atoms with Gasteiger partial charge >= 0.3 is 11.9 Å². The minimum atomic E-state index is -0.770. The molecule has 0 fully saturated rings. The molecular weight excluding hydrogens is 933 g/mol. The molecule has 0 heterocycles. The SMILES string of the molecule is CCCCCCC/C=C\C/C=C\C/C=C\CCCCCCCCCCCCCCCCCCC(=O)OC(CO)COC(=O)CCCCCCCCCCCCCCCCCCCCCCCCCCCCCCCCC. The van der Waals surface area contributed by atoms with Gasteiger partial charge in [-0.15, -0.1) is 0 Å². The van der Waals surface area contributed by atoms with E-state index in [9.17, 15) is 14.7 Å². The van der Waals surface area contributed by atoms with Gasteiger partial charge in [-0.3, -0.25) is 9.59 Å². The van der Waals surface area contributed by atoms with E-state index >= 15 is 0 Å². The monoisotopic (exact) mass is 1070 g/mol. The molecule has 1 atom stereocenters. The standard InChI is InChI=1S/C71H134O5/c1-3-5-7-9-11-13-15-17-19-21-23-25-27-29-31-33-35-37-39-41-43-45-47-49-51-53-55-57-59-61-63-65-70(73)75-68-69(67-72)76-71(74)66-64-62-60-58-56-54-52-50-48-46-44-42-40-38-36-34-32-30-28-26-24-22-20-18-16-14-12-10-8-6-4-2/h16,18,22,24,28,30,69,72H,3-15,17,19-21,23,25-27,29,31-68H2,1-2H3/b18-16-,24-22-,30-28-. The zero-order valence-corrected chi connectivity index (χ0v) is 51.5. The van der Waals surface area contributed by atoms with Crippen LogP contribution in [0.15, 0.2) is 36.5 Å². The second-order valence-corrected chi connectivity index (χ2v) is 23.6. The highest BCUT2D eigenvalue weighted by Crippen LogP contribution is 2.19. The number of unbranched alkanes of at least 4 members (excludes halogenated alkanes) is 51. The highest BCUT2D eigenvalue weighted by molar-refractivity contribution is 5.70. The van der Waals surface area contributed by atoms with E-state index in [0.717, 1.165) is 44.9 Å². The molecule has 5 nitrogen and oxygen atoms in total. The molecule has 0 radical (unpaired) electrons. The Bertz CT molecular complexity index is 1210. The summed E-state index contributed by atoms with van der Waals surface area (Å²) in [6, 6.07) is 0. The fourth-order valence-electron chi connectivity index (χ4n) is 10.7. The van der Waals surface area contributed by atoms with Crippen LogP contribution < -0.4 is 0 Å². The van der Waals surface area contributed by atoms with Gasteiger partial charge < -0.3 is 14.6 Å². The predicted octanol–water partition coefficient (Wildman–Crippen LogP) is 23.8. The summed E-state index contributed by atoms with van der Waals surface area (Å²) in [6.45, 7) is 4.19. The summed E-state index contributed by atoms with van der Waals surface area (Å²) >= 11 is 0. The first kappa shape index (κ1) is 74.1. The van der Waals surface area contributed by atoms with E-state index in [2.05, 4.69) is 50.3 Å². The maximum atomic E-state index is 12.4. The maximum absolute atomic E-state index is 12.4. The Kier molecular flexibility index (Phi) is 65.7. The number of carbonyl (C=O) groups excluding carboxylic acids is 2. The van der Waals surface area contributed by atoms with Crippen LogP contribution in [0.5, 0.6) is 0 Å². The van der Waals surface area contributed by atoms with Crippen LogP contribution in [-0.4, -0.2) is 36.4 Å². The Balaban J connectivity index is 3.39.